The molecule has 0 aliphatic heterocycles. The number of hydrogen-bond donors (Lipinski definition) is 5. The van der Waals surface area contributed by atoms with E-state index in [4.69, 9.17) is 38.7 Å². The summed E-state index contributed by atoms with van der Waals surface area (Å²) in [6.07, 6.45) is 0. The highest BCUT2D eigenvalue weighted by atomic mass is 35.5. The summed E-state index contributed by atoms with van der Waals surface area (Å²) >= 11 is 11.4. The molecule has 29 heavy (non-hydrogen) atoms. The van der Waals surface area contributed by atoms with Gasteiger partial charge in [0.2, 0.25) is 0 Å². The summed E-state index contributed by atoms with van der Waals surface area (Å²) in [5.41, 5.74) is 1.13. The molecule has 0 radical (unpaired) electrons. The van der Waals surface area contributed by atoms with Gasteiger partial charge in [-0.15, -0.1) is 15.3 Å². The van der Waals surface area contributed by atoms with E-state index in [0.29, 0.717) is 0 Å². The SMILES string of the molecule is N#CC(N=Nc1cc(C(=O)O)cc(Cl)c1O)=NNc1cc(C(=O)O)cc(Cl)c1O. The van der Waals surface area contributed by atoms with Gasteiger partial charge in [-0.2, -0.15) is 5.26 Å². The zero-order valence-corrected chi connectivity index (χ0v) is 15.5. The molecular formula is C16H9Cl2N5O6. The Kier molecular flexibility index (Phi) is 6.55. The molecule has 2 aromatic carbocycles. The van der Waals surface area contributed by atoms with E-state index in [1.165, 1.54) is 0 Å². The summed E-state index contributed by atoms with van der Waals surface area (Å²) in [4.78, 5) is 22.1. The zero-order valence-electron chi connectivity index (χ0n) is 14.0. The molecule has 0 saturated carbocycles. The first kappa shape index (κ1) is 21.4. The molecule has 0 aliphatic carbocycles. The highest BCUT2D eigenvalue weighted by molar-refractivity contribution is 6.33. The van der Waals surface area contributed by atoms with Crippen LogP contribution in [-0.2, 0) is 0 Å². The van der Waals surface area contributed by atoms with E-state index in [-0.39, 0.29) is 32.5 Å². The predicted molar refractivity (Wildman–Crippen MR) is 101 cm³/mol. The molecule has 0 bridgehead atoms. The Hall–Kier alpha value is -3.88. The fraction of sp³-hybridized carbons (Fsp3) is 0. The largest absolute Gasteiger partial charge is 0.504 e. The van der Waals surface area contributed by atoms with Crippen LogP contribution in [0.15, 0.2) is 39.6 Å². The molecule has 0 amide bonds. The van der Waals surface area contributed by atoms with Crippen LogP contribution in [0, 0.1) is 11.3 Å². The summed E-state index contributed by atoms with van der Waals surface area (Å²) in [5.74, 6) is -4.34. The minimum absolute atomic E-state index is 0.225. The third-order valence-electron chi connectivity index (χ3n) is 3.24. The van der Waals surface area contributed by atoms with E-state index in [2.05, 4.69) is 20.8 Å². The minimum atomic E-state index is -1.33. The molecule has 0 spiro atoms. The third kappa shape index (κ3) is 5.10. The van der Waals surface area contributed by atoms with Crippen molar-refractivity contribution in [1.29, 1.82) is 5.26 Å². The van der Waals surface area contributed by atoms with Gasteiger partial charge in [0.05, 0.1) is 21.2 Å². The van der Waals surface area contributed by atoms with E-state index in [0.717, 1.165) is 24.3 Å². The predicted octanol–water partition coefficient (Wildman–Crippen LogP) is 3.83. The van der Waals surface area contributed by atoms with Gasteiger partial charge in [-0.3, -0.25) is 5.43 Å². The van der Waals surface area contributed by atoms with Gasteiger partial charge in [0.15, 0.2) is 11.5 Å². The number of carboxylic acid groups (broad SMARTS) is 2. The number of carboxylic acids is 2. The van der Waals surface area contributed by atoms with Crippen LogP contribution in [0.5, 0.6) is 11.5 Å². The van der Waals surface area contributed by atoms with E-state index in [1.54, 1.807) is 6.07 Å². The quantitative estimate of drug-likeness (QED) is 0.153. The zero-order chi connectivity index (χ0) is 21.7. The maximum absolute atomic E-state index is 11.0. The minimum Gasteiger partial charge on any atom is -0.504 e. The summed E-state index contributed by atoms with van der Waals surface area (Å²) < 4.78 is 0. The fourth-order valence-corrected chi connectivity index (χ4v) is 2.31. The summed E-state index contributed by atoms with van der Waals surface area (Å²) in [6, 6.07) is 5.55. The number of nitrogens with one attached hydrogen (secondary N) is 1. The monoisotopic (exact) mass is 437 g/mol. The van der Waals surface area contributed by atoms with Crippen LogP contribution in [0.1, 0.15) is 20.7 Å². The number of phenols is 2. The molecule has 0 atom stereocenters. The Morgan fingerprint density at radius 1 is 0.966 bits per heavy atom. The number of rotatable bonds is 5. The maximum Gasteiger partial charge on any atom is 0.335 e. The van der Waals surface area contributed by atoms with Crippen molar-refractivity contribution >= 4 is 52.4 Å². The van der Waals surface area contributed by atoms with Gasteiger partial charge in [-0.05, 0) is 24.3 Å². The Bertz CT molecular complexity index is 1110. The van der Waals surface area contributed by atoms with Crippen LogP contribution in [0.25, 0.3) is 0 Å². The molecule has 0 aromatic heterocycles. The number of phenolic OH excluding ortho intramolecular Hbond substituents is 2. The summed E-state index contributed by atoms with van der Waals surface area (Å²) in [5, 5.41) is 56.7. The molecule has 0 saturated heterocycles. The average Bonchev–Trinajstić information content (AvgIpc) is 2.67. The Balaban J connectivity index is 2.35. The lowest BCUT2D eigenvalue weighted by atomic mass is 10.2. The number of hydrogen-bond acceptors (Lipinski definition) is 8. The number of hydrazone groups is 1. The molecule has 0 aliphatic rings. The summed E-state index contributed by atoms with van der Waals surface area (Å²) in [6.45, 7) is 0. The number of halogens is 2. The Morgan fingerprint density at radius 3 is 2.07 bits per heavy atom. The number of amidine groups is 1. The van der Waals surface area contributed by atoms with Gasteiger partial charge < -0.3 is 20.4 Å². The Morgan fingerprint density at radius 2 is 1.52 bits per heavy atom. The number of nitrogens with zero attached hydrogens (tertiary/aromatic N) is 4. The van der Waals surface area contributed by atoms with Crippen LogP contribution in [0.2, 0.25) is 10.0 Å². The molecule has 0 unspecified atom stereocenters. The van der Waals surface area contributed by atoms with Crippen LogP contribution in [-0.4, -0.2) is 38.2 Å². The molecule has 11 nitrogen and oxygen atoms in total. The maximum atomic E-state index is 11.0. The number of carbonyl (C=O) groups is 2. The van der Waals surface area contributed by atoms with Crippen LogP contribution >= 0.6 is 23.2 Å². The number of azo groups is 1. The molecule has 2 rings (SSSR count). The normalized spacial score (nSPS) is 11.3. The van der Waals surface area contributed by atoms with Crippen molar-refractivity contribution in [1.82, 2.24) is 0 Å². The average molecular weight is 438 g/mol. The number of benzene rings is 2. The lowest BCUT2D eigenvalue weighted by molar-refractivity contribution is 0.0686. The highest BCUT2D eigenvalue weighted by Crippen LogP contribution is 2.36. The van der Waals surface area contributed by atoms with E-state index in [1.807, 2.05) is 0 Å². The molecular weight excluding hydrogens is 429 g/mol. The molecule has 5 N–H and O–H groups in total. The Labute approximate surface area is 171 Å². The van der Waals surface area contributed by atoms with Crippen LogP contribution < -0.4 is 5.43 Å². The molecule has 13 heteroatoms. The first-order valence-electron chi connectivity index (χ1n) is 7.31. The number of anilines is 1. The highest BCUT2D eigenvalue weighted by Gasteiger charge is 2.14. The first-order chi connectivity index (χ1) is 13.6. The van der Waals surface area contributed by atoms with Crippen LogP contribution in [0.3, 0.4) is 0 Å². The second-order valence-corrected chi connectivity index (χ2v) is 5.96. The van der Waals surface area contributed by atoms with Crippen molar-refractivity contribution in [2.24, 2.45) is 15.3 Å². The second kappa shape index (κ2) is 8.87. The van der Waals surface area contributed by atoms with Crippen molar-refractivity contribution in [2.75, 3.05) is 5.43 Å². The molecule has 148 valence electrons. The smallest absolute Gasteiger partial charge is 0.335 e. The molecule has 0 fully saturated rings. The number of nitriles is 1. The van der Waals surface area contributed by atoms with Crippen molar-refractivity contribution in [3.63, 3.8) is 0 Å². The molecule has 2 aromatic rings. The second-order valence-electron chi connectivity index (χ2n) is 5.15. The van der Waals surface area contributed by atoms with Gasteiger partial charge in [-0.25, -0.2) is 9.59 Å². The topological polar surface area (TPSA) is 188 Å². The third-order valence-corrected chi connectivity index (χ3v) is 3.81. The van der Waals surface area contributed by atoms with Crippen molar-refractivity contribution in [3.8, 4) is 17.6 Å². The fourth-order valence-electron chi connectivity index (χ4n) is 1.88. The number of aromatic carboxylic acids is 2. The summed E-state index contributed by atoms with van der Waals surface area (Å²) in [7, 11) is 0. The first-order valence-corrected chi connectivity index (χ1v) is 8.06. The van der Waals surface area contributed by atoms with Gasteiger partial charge in [0.1, 0.15) is 17.4 Å². The van der Waals surface area contributed by atoms with Gasteiger partial charge >= 0.3 is 11.9 Å². The van der Waals surface area contributed by atoms with Crippen molar-refractivity contribution in [2.45, 2.75) is 0 Å². The van der Waals surface area contributed by atoms with Crippen molar-refractivity contribution < 1.29 is 30.0 Å². The van der Waals surface area contributed by atoms with E-state index >= 15 is 0 Å². The van der Waals surface area contributed by atoms with Gasteiger partial charge in [0.25, 0.3) is 5.84 Å². The van der Waals surface area contributed by atoms with E-state index < -0.39 is 29.3 Å². The van der Waals surface area contributed by atoms with Gasteiger partial charge in [0, 0.05) is 0 Å². The number of aromatic hydroxyl groups is 2. The lowest BCUT2D eigenvalue weighted by Gasteiger charge is -2.07. The van der Waals surface area contributed by atoms with Crippen molar-refractivity contribution in [3.05, 3.63) is 45.4 Å². The standard InChI is InChI=1S/C16H9Cl2N5O6/c17-8-1-6(15(26)27)3-10(13(8)24)20-22-12(5-19)23-21-11-4-7(16(28)29)2-9(18)14(11)25/h1-4,20,24-25H,(H,26,27)(H,28,29). The lowest BCUT2D eigenvalue weighted by Crippen LogP contribution is -2.00. The van der Waals surface area contributed by atoms with Crippen LogP contribution in [0.4, 0.5) is 11.4 Å². The van der Waals surface area contributed by atoms with Gasteiger partial charge in [-0.1, -0.05) is 23.2 Å². The van der Waals surface area contributed by atoms with E-state index in [9.17, 15) is 19.8 Å². The molecule has 0 heterocycles.